The maximum Gasteiger partial charge on any atom is 0.0897 e. The molecule has 1 aliphatic rings. The van der Waals surface area contributed by atoms with Crippen LogP contribution < -0.4 is 5.32 Å². The summed E-state index contributed by atoms with van der Waals surface area (Å²) in [4.78, 5) is 2.43. The molecule has 1 heterocycles. The van der Waals surface area contributed by atoms with Gasteiger partial charge in [0.15, 0.2) is 0 Å². The molecule has 0 aliphatic carbocycles. The van der Waals surface area contributed by atoms with Gasteiger partial charge in [0.1, 0.15) is 0 Å². The summed E-state index contributed by atoms with van der Waals surface area (Å²) in [5, 5.41) is 4.33. The second kappa shape index (κ2) is 7.25. The van der Waals surface area contributed by atoms with E-state index in [-0.39, 0.29) is 12.1 Å². The minimum atomic E-state index is 0.160. The SMILES string of the molecule is CCNC(c1ccccc1Cl)C1CN(CC)CCO1. The van der Waals surface area contributed by atoms with Gasteiger partial charge in [0.2, 0.25) is 0 Å². The van der Waals surface area contributed by atoms with Gasteiger partial charge in [-0.1, -0.05) is 43.6 Å². The van der Waals surface area contributed by atoms with Gasteiger partial charge in [0.05, 0.1) is 18.8 Å². The molecule has 1 saturated heterocycles. The Morgan fingerprint density at radius 2 is 2.21 bits per heavy atom. The maximum atomic E-state index is 6.34. The normalized spacial score (nSPS) is 22.4. The molecule has 0 saturated carbocycles. The number of likely N-dealkylation sites (N-methyl/N-ethyl adjacent to an activating group) is 2. The molecule has 1 N–H and O–H groups in total. The van der Waals surface area contributed by atoms with E-state index in [2.05, 4.69) is 30.1 Å². The van der Waals surface area contributed by atoms with Crippen LogP contribution in [0.4, 0.5) is 0 Å². The smallest absolute Gasteiger partial charge is 0.0897 e. The van der Waals surface area contributed by atoms with E-state index in [1.807, 2.05) is 18.2 Å². The first-order valence-corrected chi connectivity index (χ1v) is 7.45. The van der Waals surface area contributed by atoms with Crippen LogP contribution in [-0.2, 0) is 4.74 Å². The number of morpholine rings is 1. The van der Waals surface area contributed by atoms with Gasteiger partial charge in [-0.2, -0.15) is 0 Å². The van der Waals surface area contributed by atoms with Crippen LogP contribution in [0.25, 0.3) is 0 Å². The van der Waals surface area contributed by atoms with Crippen molar-refractivity contribution in [1.82, 2.24) is 10.2 Å². The predicted molar refractivity (Wildman–Crippen MR) is 79.7 cm³/mol. The first-order chi connectivity index (χ1) is 9.26. The molecule has 1 aliphatic heterocycles. The molecule has 0 radical (unpaired) electrons. The van der Waals surface area contributed by atoms with Gasteiger partial charge in [-0.15, -0.1) is 0 Å². The fourth-order valence-electron chi connectivity index (χ4n) is 2.61. The Balaban J connectivity index is 2.17. The monoisotopic (exact) mass is 282 g/mol. The van der Waals surface area contributed by atoms with Gasteiger partial charge in [-0.05, 0) is 24.7 Å². The molecular formula is C15H23ClN2O. The molecule has 1 fully saturated rings. The second-order valence-electron chi connectivity index (χ2n) is 4.86. The zero-order valence-electron chi connectivity index (χ0n) is 11.7. The van der Waals surface area contributed by atoms with Crippen molar-refractivity contribution in [3.05, 3.63) is 34.9 Å². The standard InChI is InChI=1S/C15H23ClN2O/c1-3-17-15(12-7-5-6-8-13(12)16)14-11-18(4-2)9-10-19-14/h5-8,14-15,17H,3-4,9-11H2,1-2H3. The lowest BCUT2D eigenvalue weighted by atomic mass is 9.99. The molecule has 0 spiro atoms. The van der Waals surface area contributed by atoms with Crippen molar-refractivity contribution in [2.75, 3.05) is 32.8 Å². The van der Waals surface area contributed by atoms with Gasteiger partial charge in [-0.3, -0.25) is 4.90 Å². The minimum Gasteiger partial charge on any atom is -0.374 e. The second-order valence-corrected chi connectivity index (χ2v) is 5.27. The Morgan fingerprint density at radius 3 is 2.89 bits per heavy atom. The summed E-state index contributed by atoms with van der Waals surface area (Å²) in [5.41, 5.74) is 1.13. The van der Waals surface area contributed by atoms with Crippen LogP contribution in [-0.4, -0.2) is 43.8 Å². The molecule has 106 valence electrons. The highest BCUT2D eigenvalue weighted by Crippen LogP contribution is 2.28. The number of ether oxygens (including phenoxy) is 1. The summed E-state index contributed by atoms with van der Waals surface area (Å²) in [7, 11) is 0. The number of nitrogens with one attached hydrogen (secondary N) is 1. The molecular weight excluding hydrogens is 260 g/mol. The Kier molecular flexibility index (Phi) is 5.64. The number of halogens is 1. The number of hydrogen-bond donors (Lipinski definition) is 1. The molecule has 19 heavy (non-hydrogen) atoms. The average Bonchev–Trinajstić information content (AvgIpc) is 2.46. The Bertz CT molecular complexity index is 399. The van der Waals surface area contributed by atoms with Crippen molar-refractivity contribution in [3.8, 4) is 0 Å². The van der Waals surface area contributed by atoms with Crippen molar-refractivity contribution < 1.29 is 4.74 Å². The number of benzene rings is 1. The fourth-order valence-corrected chi connectivity index (χ4v) is 2.86. The molecule has 0 amide bonds. The van der Waals surface area contributed by atoms with Gasteiger partial charge in [0.25, 0.3) is 0 Å². The molecule has 4 heteroatoms. The molecule has 0 bridgehead atoms. The molecule has 2 atom stereocenters. The summed E-state index contributed by atoms with van der Waals surface area (Å²) >= 11 is 6.34. The van der Waals surface area contributed by atoms with Gasteiger partial charge in [0, 0.05) is 18.1 Å². The summed E-state index contributed by atoms with van der Waals surface area (Å²) in [5.74, 6) is 0. The van der Waals surface area contributed by atoms with E-state index < -0.39 is 0 Å². The van der Waals surface area contributed by atoms with Crippen LogP contribution in [0.2, 0.25) is 5.02 Å². The highest BCUT2D eigenvalue weighted by Gasteiger charge is 2.29. The Labute approximate surface area is 120 Å². The van der Waals surface area contributed by atoms with Crippen molar-refractivity contribution in [3.63, 3.8) is 0 Å². The van der Waals surface area contributed by atoms with Crippen LogP contribution in [0, 0.1) is 0 Å². The fraction of sp³-hybridized carbons (Fsp3) is 0.600. The minimum absolute atomic E-state index is 0.160. The van der Waals surface area contributed by atoms with E-state index in [4.69, 9.17) is 16.3 Å². The summed E-state index contributed by atoms with van der Waals surface area (Å²) in [6, 6.07) is 8.19. The first kappa shape index (κ1) is 14.8. The molecule has 1 aromatic carbocycles. The third-order valence-electron chi connectivity index (χ3n) is 3.66. The largest absolute Gasteiger partial charge is 0.374 e. The van der Waals surface area contributed by atoms with Crippen LogP contribution in [0.5, 0.6) is 0 Å². The molecule has 3 nitrogen and oxygen atoms in total. The number of hydrogen-bond acceptors (Lipinski definition) is 3. The van der Waals surface area contributed by atoms with E-state index in [9.17, 15) is 0 Å². The Morgan fingerprint density at radius 1 is 1.42 bits per heavy atom. The quantitative estimate of drug-likeness (QED) is 0.899. The van der Waals surface area contributed by atoms with Crippen LogP contribution in [0.3, 0.4) is 0 Å². The summed E-state index contributed by atoms with van der Waals surface area (Å²) < 4.78 is 5.97. The number of rotatable bonds is 5. The highest BCUT2D eigenvalue weighted by molar-refractivity contribution is 6.31. The van der Waals surface area contributed by atoms with Gasteiger partial charge < -0.3 is 10.1 Å². The Hall–Kier alpha value is -0.610. The predicted octanol–water partition coefficient (Wildman–Crippen LogP) is 2.71. The van der Waals surface area contributed by atoms with Gasteiger partial charge >= 0.3 is 0 Å². The van der Waals surface area contributed by atoms with E-state index in [0.717, 1.165) is 43.4 Å². The van der Waals surface area contributed by atoms with E-state index in [1.54, 1.807) is 0 Å². The lowest BCUT2D eigenvalue weighted by molar-refractivity contribution is -0.0453. The van der Waals surface area contributed by atoms with Crippen LogP contribution in [0.1, 0.15) is 25.5 Å². The topological polar surface area (TPSA) is 24.5 Å². The third-order valence-corrected chi connectivity index (χ3v) is 4.01. The summed E-state index contributed by atoms with van der Waals surface area (Å²) in [6.45, 7) is 9.06. The van der Waals surface area contributed by atoms with Crippen molar-refractivity contribution in [1.29, 1.82) is 0 Å². The zero-order valence-corrected chi connectivity index (χ0v) is 12.5. The van der Waals surface area contributed by atoms with Crippen molar-refractivity contribution in [2.24, 2.45) is 0 Å². The molecule has 1 aromatic rings. The maximum absolute atomic E-state index is 6.34. The average molecular weight is 283 g/mol. The third kappa shape index (κ3) is 3.69. The van der Waals surface area contributed by atoms with Crippen molar-refractivity contribution in [2.45, 2.75) is 26.0 Å². The molecule has 2 rings (SSSR count). The first-order valence-electron chi connectivity index (χ1n) is 7.08. The van der Waals surface area contributed by atoms with E-state index in [1.165, 1.54) is 0 Å². The van der Waals surface area contributed by atoms with Gasteiger partial charge in [-0.25, -0.2) is 0 Å². The lowest BCUT2D eigenvalue weighted by Gasteiger charge is -2.37. The van der Waals surface area contributed by atoms with Crippen molar-refractivity contribution >= 4 is 11.6 Å². The lowest BCUT2D eigenvalue weighted by Crippen LogP contribution is -2.48. The molecule has 2 unspecified atom stereocenters. The number of nitrogens with zero attached hydrogens (tertiary/aromatic N) is 1. The van der Waals surface area contributed by atoms with Crippen LogP contribution in [0.15, 0.2) is 24.3 Å². The highest BCUT2D eigenvalue weighted by atomic mass is 35.5. The molecule has 0 aromatic heterocycles. The summed E-state index contributed by atoms with van der Waals surface area (Å²) in [6.07, 6.45) is 0.161. The van der Waals surface area contributed by atoms with Crippen LogP contribution >= 0.6 is 11.6 Å². The zero-order chi connectivity index (χ0) is 13.7. The van der Waals surface area contributed by atoms with E-state index in [0.29, 0.717) is 0 Å². The van der Waals surface area contributed by atoms with E-state index >= 15 is 0 Å².